The summed E-state index contributed by atoms with van der Waals surface area (Å²) >= 11 is 0. The molecule has 2 N–H and O–H groups in total. The summed E-state index contributed by atoms with van der Waals surface area (Å²) in [7, 11) is 1.95. The average Bonchev–Trinajstić information content (AvgIpc) is 2.91. The third kappa shape index (κ3) is 4.06. The number of aromatic nitrogens is 2. The Kier molecular flexibility index (Phi) is 4.96. The van der Waals surface area contributed by atoms with E-state index in [4.69, 9.17) is 0 Å². The molecule has 1 heterocycles. The van der Waals surface area contributed by atoms with Crippen molar-refractivity contribution in [1.29, 1.82) is 0 Å². The lowest BCUT2D eigenvalue weighted by molar-refractivity contribution is -0.126. The number of carbonyl (C=O) groups is 1. The van der Waals surface area contributed by atoms with Crippen molar-refractivity contribution in [2.75, 3.05) is 7.05 Å². The minimum Gasteiger partial charge on any atom is -0.352 e. The van der Waals surface area contributed by atoms with Gasteiger partial charge in [-0.2, -0.15) is 0 Å². The molecule has 1 aliphatic rings. The standard InChI is InChI=1S/C14H24N4O/c1-11(18(2)10-13-15-8-9-16-13)14(19)17-12-6-4-3-5-7-12/h8-9,11-12H,3-7,10H2,1-2H3,(H,15,16)(H,17,19). The molecular formula is C14H24N4O. The van der Waals surface area contributed by atoms with Crippen LogP contribution in [0, 0.1) is 0 Å². The first-order chi connectivity index (χ1) is 9.16. The number of hydrogen-bond acceptors (Lipinski definition) is 3. The maximum atomic E-state index is 12.2. The van der Waals surface area contributed by atoms with E-state index in [1.54, 1.807) is 12.4 Å². The fraction of sp³-hybridized carbons (Fsp3) is 0.714. The Morgan fingerprint density at radius 2 is 2.26 bits per heavy atom. The molecule has 106 valence electrons. The highest BCUT2D eigenvalue weighted by Crippen LogP contribution is 2.17. The molecule has 1 saturated carbocycles. The predicted octanol–water partition coefficient (Wildman–Crippen LogP) is 1.68. The van der Waals surface area contributed by atoms with Crippen molar-refractivity contribution in [3.8, 4) is 0 Å². The van der Waals surface area contributed by atoms with Crippen LogP contribution in [-0.2, 0) is 11.3 Å². The summed E-state index contributed by atoms with van der Waals surface area (Å²) in [5.41, 5.74) is 0. The fourth-order valence-corrected chi connectivity index (χ4v) is 2.53. The molecule has 0 aromatic carbocycles. The number of H-pyrrole nitrogens is 1. The Morgan fingerprint density at radius 3 is 2.89 bits per heavy atom. The van der Waals surface area contributed by atoms with Crippen LogP contribution in [0.2, 0.25) is 0 Å². The van der Waals surface area contributed by atoms with Crippen LogP contribution in [-0.4, -0.2) is 39.9 Å². The van der Waals surface area contributed by atoms with E-state index >= 15 is 0 Å². The molecule has 5 nitrogen and oxygen atoms in total. The number of hydrogen-bond donors (Lipinski definition) is 2. The maximum Gasteiger partial charge on any atom is 0.237 e. The van der Waals surface area contributed by atoms with Crippen LogP contribution in [0.4, 0.5) is 0 Å². The van der Waals surface area contributed by atoms with E-state index in [1.807, 2.05) is 18.9 Å². The Morgan fingerprint density at radius 1 is 1.53 bits per heavy atom. The van der Waals surface area contributed by atoms with E-state index in [2.05, 4.69) is 15.3 Å². The first-order valence-electron chi connectivity index (χ1n) is 7.15. The van der Waals surface area contributed by atoms with Crippen LogP contribution in [0.1, 0.15) is 44.9 Å². The third-order valence-corrected chi connectivity index (χ3v) is 3.95. The van der Waals surface area contributed by atoms with Crippen molar-refractivity contribution in [2.24, 2.45) is 0 Å². The lowest BCUT2D eigenvalue weighted by Gasteiger charge is -2.28. The van der Waals surface area contributed by atoms with E-state index in [9.17, 15) is 4.79 Å². The Hall–Kier alpha value is -1.36. The molecule has 5 heteroatoms. The summed E-state index contributed by atoms with van der Waals surface area (Å²) in [5.74, 6) is 1.01. The van der Waals surface area contributed by atoms with Crippen molar-refractivity contribution in [1.82, 2.24) is 20.2 Å². The number of nitrogens with one attached hydrogen (secondary N) is 2. The van der Waals surface area contributed by atoms with Crippen molar-refractivity contribution >= 4 is 5.91 Å². The Labute approximate surface area is 114 Å². The first kappa shape index (κ1) is 14.1. The van der Waals surface area contributed by atoms with Gasteiger partial charge >= 0.3 is 0 Å². The van der Waals surface area contributed by atoms with Crippen LogP contribution in [0.25, 0.3) is 0 Å². The number of carbonyl (C=O) groups excluding carboxylic acids is 1. The molecule has 1 fully saturated rings. The largest absolute Gasteiger partial charge is 0.352 e. The normalized spacial score (nSPS) is 18.5. The molecule has 1 unspecified atom stereocenters. The van der Waals surface area contributed by atoms with Gasteiger partial charge in [0.1, 0.15) is 5.82 Å². The van der Waals surface area contributed by atoms with E-state index < -0.39 is 0 Å². The van der Waals surface area contributed by atoms with Gasteiger partial charge in [-0.15, -0.1) is 0 Å². The van der Waals surface area contributed by atoms with Crippen molar-refractivity contribution in [2.45, 2.75) is 57.7 Å². The molecule has 0 radical (unpaired) electrons. The van der Waals surface area contributed by atoms with E-state index in [-0.39, 0.29) is 11.9 Å². The molecule has 1 aromatic rings. The molecule has 19 heavy (non-hydrogen) atoms. The van der Waals surface area contributed by atoms with Gasteiger partial charge in [0, 0.05) is 18.4 Å². The second-order valence-corrected chi connectivity index (χ2v) is 5.47. The molecule has 2 rings (SSSR count). The average molecular weight is 264 g/mol. The minimum atomic E-state index is -0.132. The highest BCUT2D eigenvalue weighted by molar-refractivity contribution is 5.81. The number of aromatic amines is 1. The number of rotatable bonds is 5. The van der Waals surface area contributed by atoms with Crippen LogP contribution in [0.3, 0.4) is 0 Å². The minimum absolute atomic E-state index is 0.126. The first-order valence-corrected chi connectivity index (χ1v) is 7.15. The molecule has 1 atom stereocenters. The summed E-state index contributed by atoms with van der Waals surface area (Å²) in [6.45, 7) is 2.60. The molecule has 0 aliphatic heterocycles. The van der Waals surface area contributed by atoms with Gasteiger partial charge in [-0.25, -0.2) is 4.98 Å². The molecule has 0 spiro atoms. The van der Waals surface area contributed by atoms with Crippen molar-refractivity contribution in [3.63, 3.8) is 0 Å². The smallest absolute Gasteiger partial charge is 0.237 e. The third-order valence-electron chi connectivity index (χ3n) is 3.95. The summed E-state index contributed by atoms with van der Waals surface area (Å²) in [5, 5.41) is 3.17. The van der Waals surface area contributed by atoms with Gasteiger partial charge in [0.25, 0.3) is 0 Å². The quantitative estimate of drug-likeness (QED) is 0.850. The van der Waals surface area contributed by atoms with Gasteiger partial charge < -0.3 is 10.3 Å². The second kappa shape index (κ2) is 6.70. The lowest BCUT2D eigenvalue weighted by Crippen LogP contribution is -2.47. The van der Waals surface area contributed by atoms with Gasteiger partial charge in [0.2, 0.25) is 5.91 Å². The number of likely N-dealkylation sites (N-methyl/N-ethyl adjacent to an activating group) is 1. The van der Waals surface area contributed by atoms with Gasteiger partial charge in [-0.05, 0) is 26.8 Å². The SMILES string of the molecule is CC(C(=O)NC1CCCCC1)N(C)Cc1ncc[nH]1. The van der Waals surface area contributed by atoms with Gasteiger partial charge in [0.15, 0.2) is 0 Å². The molecule has 0 bridgehead atoms. The Bertz CT molecular complexity index is 384. The zero-order valence-corrected chi connectivity index (χ0v) is 11.9. The molecular weight excluding hydrogens is 240 g/mol. The van der Waals surface area contributed by atoms with E-state index in [0.29, 0.717) is 12.6 Å². The molecule has 1 aliphatic carbocycles. The Balaban J connectivity index is 1.80. The summed E-state index contributed by atoms with van der Waals surface area (Å²) in [4.78, 5) is 21.5. The van der Waals surface area contributed by atoms with Crippen molar-refractivity contribution in [3.05, 3.63) is 18.2 Å². The lowest BCUT2D eigenvalue weighted by atomic mass is 9.95. The zero-order valence-electron chi connectivity index (χ0n) is 11.9. The number of amides is 1. The van der Waals surface area contributed by atoms with Gasteiger partial charge in [-0.1, -0.05) is 19.3 Å². The number of nitrogens with zero attached hydrogens (tertiary/aromatic N) is 2. The maximum absolute atomic E-state index is 12.2. The summed E-state index contributed by atoms with van der Waals surface area (Å²) in [6, 6.07) is 0.243. The van der Waals surface area contributed by atoms with Crippen LogP contribution < -0.4 is 5.32 Å². The van der Waals surface area contributed by atoms with Crippen LogP contribution in [0.5, 0.6) is 0 Å². The summed E-state index contributed by atoms with van der Waals surface area (Å²) in [6.07, 6.45) is 9.57. The predicted molar refractivity (Wildman–Crippen MR) is 74.5 cm³/mol. The number of imidazole rings is 1. The second-order valence-electron chi connectivity index (χ2n) is 5.47. The highest BCUT2D eigenvalue weighted by Gasteiger charge is 2.22. The molecule has 1 aromatic heterocycles. The topological polar surface area (TPSA) is 61.0 Å². The van der Waals surface area contributed by atoms with Crippen LogP contribution >= 0.6 is 0 Å². The van der Waals surface area contributed by atoms with Crippen molar-refractivity contribution < 1.29 is 4.79 Å². The van der Waals surface area contributed by atoms with Gasteiger partial charge in [-0.3, -0.25) is 9.69 Å². The van der Waals surface area contributed by atoms with E-state index in [1.165, 1.54) is 19.3 Å². The highest BCUT2D eigenvalue weighted by atomic mass is 16.2. The molecule has 0 saturated heterocycles. The van der Waals surface area contributed by atoms with E-state index in [0.717, 1.165) is 18.7 Å². The fourth-order valence-electron chi connectivity index (χ4n) is 2.53. The monoisotopic (exact) mass is 264 g/mol. The summed E-state index contributed by atoms with van der Waals surface area (Å²) < 4.78 is 0. The van der Waals surface area contributed by atoms with Gasteiger partial charge in [0.05, 0.1) is 12.6 Å². The zero-order chi connectivity index (χ0) is 13.7. The van der Waals surface area contributed by atoms with Crippen LogP contribution in [0.15, 0.2) is 12.4 Å². The molecule has 1 amide bonds.